The van der Waals surface area contributed by atoms with Crippen molar-refractivity contribution in [2.45, 2.75) is 18.9 Å². The van der Waals surface area contributed by atoms with Crippen LogP contribution in [0.5, 0.6) is 5.75 Å². The number of hydrogen-bond donors (Lipinski definition) is 0. The topological polar surface area (TPSA) is 57.5 Å². The molecule has 0 unspecified atom stereocenters. The van der Waals surface area contributed by atoms with E-state index in [-0.39, 0.29) is 28.3 Å². The van der Waals surface area contributed by atoms with Gasteiger partial charge in [0.2, 0.25) is 11.2 Å². The van der Waals surface area contributed by atoms with Crippen molar-refractivity contribution in [3.8, 4) is 5.75 Å². The van der Waals surface area contributed by atoms with Gasteiger partial charge >= 0.3 is 5.97 Å². The summed E-state index contributed by atoms with van der Waals surface area (Å²) >= 11 is 0. The molecule has 1 aromatic carbocycles. The predicted molar refractivity (Wildman–Crippen MR) is 74.3 cm³/mol. The van der Waals surface area contributed by atoms with E-state index >= 15 is 0 Å². The van der Waals surface area contributed by atoms with E-state index in [9.17, 15) is 18.4 Å². The zero-order valence-electron chi connectivity index (χ0n) is 12.0. The van der Waals surface area contributed by atoms with Gasteiger partial charge in [0.15, 0.2) is 11.6 Å². The molecular formula is C15H13F2NO4. The summed E-state index contributed by atoms with van der Waals surface area (Å²) in [7, 11) is 2.35. The van der Waals surface area contributed by atoms with Gasteiger partial charge in [-0.05, 0) is 18.9 Å². The molecule has 1 saturated carbocycles. The fourth-order valence-electron chi connectivity index (χ4n) is 2.51. The smallest absolute Gasteiger partial charge is 0.343 e. The lowest BCUT2D eigenvalue weighted by molar-refractivity contribution is 0.0598. The van der Waals surface area contributed by atoms with Crippen molar-refractivity contribution in [3.05, 3.63) is 39.7 Å². The number of carbonyl (C=O) groups is 1. The standard InChI is InChI=1S/C15H13F2NO4/c1-21-14-11(17)10(16)5-8-12(14)18(7-3-4-7)6-9(13(8)19)15(20)22-2/h5-7H,3-4H2,1-2H3. The normalized spacial score (nSPS) is 14.2. The molecule has 1 aliphatic carbocycles. The van der Waals surface area contributed by atoms with E-state index in [1.165, 1.54) is 13.3 Å². The highest BCUT2D eigenvalue weighted by Crippen LogP contribution is 2.40. The largest absolute Gasteiger partial charge is 0.491 e. The first kappa shape index (κ1) is 14.5. The minimum absolute atomic E-state index is 0.0188. The summed E-state index contributed by atoms with van der Waals surface area (Å²) < 4.78 is 38.8. The number of ether oxygens (including phenoxy) is 2. The van der Waals surface area contributed by atoms with Crippen molar-refractivity contribution in [2.75, 3.05) is 14.2 Å². The first-order valence-corrected chi connectivity index (χ1v) is 6.68. The van der Waals surface area contributed by atoms with Crippen LogP contribution in [0.4, 0.5) is 8.78 Å². The molecule has 1 aliphatic rings. The van der Waals surface area contributed by atoms with Gasteiger partial charge in [-0.2, -0.15) is 4.39 Å². The van der Waals surface area contributed by atoms with Crippen LogP contribution in [0.2, 0.25) is 0 Å². The van der Waals surface area contributed by atoms with Crippen molar-refractivity contribution in [1.29, 1.82) is 0 Å². The van der Waals surface area contributed by atoms with Crippen molar-refractivity contribution >= 4 is 16.9 Å². The summed E-state index contributed by atoms with van der Waals surface area (Å²) in [6.07, 6.45) is 2.97. The number of hydrogen-bond acceptors (Lipinski definition) is 4. The molecule has 116 valence electrons. The Morgan fingerprint density at radius 3 is 2.55 bits per heavy atom. The summed E-state index contributed by atoms with van der Waals surface area (Å²) in [5.74, 6) is -3.51. The van der Waals surface area contributed by atoms with Crippen LogP contribution in [-0.2, 0) is 4.74 Å². The fourth-order valence-corrected chi connectivity index (χ4v) is 2.51. The van der Waals surface area contributed by atoms with E-state index in [2.05, 4.69) is 4.74 Å². The van der Waals surface area contributed by atoms with Crippen LogP contribution in [0.25, 0.3) is 10.9 Å². The number of methoxy groups -OCH3 is 2. The van der Waals surface area contributed by atoms with Gasteiger partial charge in [-0.1, -0.05) is 0 Å². The lowest BCUT2D eigenvalue weighted by atomic mass is 10.1. The first-order chi connectivity index (χ1) is 10.5. The summed E-state index contributed by atoms with van der Waals surface area (Å²) in [5.41, 5.74) is -0.771. The highest BCUT2D eigenvalue weighted by molar-refractivity contribution is 5.95. The minimum atomic E-state index is -1.20. The molecule has 22 heavy (non-hydrogen) atoms. The third kappa shape index (κ3) is 2.04. The van der Waals surface area contributed by atoms with Crippen LogP contribution in [0.1, 0.15) is 29.2 Å². The van der Waals surface area contributed by atoms with Gasteiger partial charge in [0.1, 0.15) is 5.56 Å². The average molecular weight is 309 g/mol. The fraction of sp³-hybridized carbons (Fsp3) is 0.333. The molecule has 5 nitrogen and oxygen atoms in total. The summed E-state index contributed by atoms with van der Waals surface area (Å²) in [5, 5.41) is -0.106. The minimum Gasteiger partial charge on any atom is -0.491 e. The van der Waals surface area contributed by atoms with E-state index in [4.69, 9.17) is 4.74 Å². The van der Waals surface area contributed by atoms with Crippen molar-refractivity contribution in [3.63, 3.8) is 0 Å². The van der Waals surface area contributed by atoms with Gasteiger partial charge in [0.25, 0.3) is 0 Å². The Morgan fingerprint density at radius 2 is 2.00 bits per heavy atom. The van der Waals surface area contributed by atoms with E-state index in [0.717, 1.165) is 26.0 Å². The maximum atomic E-state index is 13.9. The van der Waals surface area contributed by atoms with Crippen LogP contribution < -0.4 is 10.2 Å². The Bertz CT molecular complexity index is 840. The molecule has 0 atom stereocenters. The third-order valence-corrected chi connectivity index (χ3v) is 3.72. The lowest BCUT2D eigenvalue weighted by Gasteiger charge is -2.15. The summed E-state index contributed by atoms with van der Waals surface area (Å²) in [6.45, 7) is 0. The molecular weight excluding hydrogens is 296 g/mol. The molecule has 0 aliphatic heterocycles. The summed E-state index contributed by atoms with van der Waals surface area (Å²) in [4.78, 5) is 24.1. The molecule has 2 aromatic rings. The molecule has 1 fully saturated rings. The van der Waals surface area contributed by atoms with Crippen molar-refractivity contribution < 1.29 is 23.0 Å². The Hall–Kier alpha value is -2.44. The number of benzene rings is 1. The lowest BCUT2D eigenvalue weighted by Crippen LogP contribution is -2.20. The Labute approximate surface area is 124 Å². The molecule has 1 aromatic heterocycles. The molecule has 3 rings (SSSR count). The van der Waals surface area contributed by atoms with Gasteiger partial charge in [0, 0.05) is 12.2 Å². The van der Waals surface area contributed by atoms with Gasteiger partial charge < -0.3 is 14.0 Å². The van der Waals surface area contributed by atoms with Gasteiger partial charge in [-0.15, -0.1) is 0 Å². The molecule has 0 N–H and O–H groups in total. The zero-order chi connectivity index (χ0) is 16.0. The zero-order valence-corrected chi connectivity index (χ0v) is 12.0. The van der Waals surface area contributed by atoms with Crippen LogP contribution in [-0.4, -0.2) is 24.8 Å². The predicted octanol–water partition coefficient (Wildman–Crippen LogP) is 2.41. The second-order valence-corrected chi connectivity index (χ2v) is 5.10. The van der Waals surface area contributed by atoms with Crippen LogP contribution in [0.3, 0.4) is 0 Å². The summed E-state index contributed by atoms with van der Waals surface area (Å²) in [6, 6.07) is 0.811. The number of fused-ring (bicyclic) bond motifs is 1. The number of pyridine rings is 1. The molecule has 0 radical (unpaired) electrons. The number of carbonyl (C=O) groups excluding carboxylic acids is 1. The maximum absolute atomic E-state index is 13.9. The number of rotatable bonds is 3. The SMILES string of the molecule is COC(=O)c1cn(C2CC2)c2c(OC)c(F)c(F)cc2c1=O. The van der Waals surface area contributed by atoms with E-state index < -0.39 is 23.0 Å². The first-order valence-electron chi connectivity index (χ1n) is 6.68. The molecule has 7 heteroatoms. The van der Waals surface area contributed by atoms with Crippen LogP contribution in [0, 0.1) is 11.6 Å². The highest BCUT2D eigenvalue weighted by Gasteiger charge is 2.30. The Morgan fingerprint density at radius 1 is 1.32 bits per heavy atom. The number of esters is 1. The number of halogens is 2. The molecule has 0 amide bonds. The van der Waals surface area contributed by atoms with E-state index in [1.54, 1.807) is 4.57 Å². The van der Waals surface area contributed by atoms with E-state index in [0.29, 0.717) is 0 Å². The van der Waals surface area contributed by atoms with Crippen LogP contribution >= 0.6 is 0 Å². The Kier molecular flexibility index (Phi) is 3.35. The molecule has 0 saturated heterocycles. The quantitative estimate of drug-likeness (QED) is 0.817. The molecule has 0 spiro atoms. The third-order valence-electron chi connectivity index (χ3n) is 3.72. The van der Waals surface area contributed by atoms with Gasteiger partial charge in [-0.25, -0.2) is 9.18 Å². The Balaban J connectivity index is 2.47. The number of nitrogens with zero attached hydrogens (tertiary/aromatic N) is 1. The average Bonchev–Trinajstić information content (AvgIpc) is 3.34. The molecule has 1 heterocycles. The van der Waals surface area contributed by atoms with Gasteiger partial charge in [0.05, 0.1) is 25.1 Å². The number of aromatic nitrogens is 1. The van der Waals surface area contributed by atoms with E-state index in [1.807, 2.05) is 0 Å². The second kappa shape index (κ2) is 5.08. The van der Waals surface area contributed by atoms with Gasteiger partial charge in [-0.3, -0.25) is 4.79 Å². The van der Waals surface area contributed by atoms with Crippen LogP contribution in [0.15, 0.2) is 17.1 Å². The second-order valence-electron chi connectivity index (χ2n) is 5.10. The maximum Gasteiger partial charge on any atom is 0.343 e. The molecule has 0 bridgehead atoms. The van der Waals surface area contributed by atoms with Crippen molar-refractivity contribution in [1.82, 2.24) is 4.57 Å². The van der Waals surface area contributed by atoms with Crippen molar-refractivity contribution in [2.24, 2.45) is 0 Å². The highest BCUT2D eigenvalue weighted by atomic mass is 19.2. The monoisotopic (exact) mass is 309 g/mol.